The highest BCUT2D eigenvalue weighted by molar-refractivity contribution is 5.88. The highest BCUT2D eigenvalue weighted by atomic mass is 16.5. The number of nitrogens with one attached hydrogen (secondary N) is 1. The summed E-state index contributed by atoms with van der Waals surface area (Å²) in [6, 6.07) is 15.1. The standard InChI is InChI=1S/C22H27NO2/c24-22(15-18-9-5-8-17-7-1-2-11-20(17)18)25-16-19-10-6-14-23-13-4-3-12-21(19)23/h1-2,5,7-9,11,19,21H,3-4,6,10,12-16H2/p+1/t19-,21+/m1/s1. The third-order valence-corrected chi connectivity index (χ3v) is 6.10. The van der Waals surface area contributed by atoms with Crippen LogP contribution in [0.25, 0.3) is 10.8 Å². The topological polar surface area (TPSA) is 30.7 Å². The fourth-order valence-electron chi connectivity index (χ4n) is 4.83. The van der Waals surface area contributed by atoms with Gasteiger partial charge in [0.05, 0.1) is 32.2 Å². The maximum atomic E-state index is 12.4. The molecular weight excluding hydrogens is 310 g/mol. The Balaban J connectivity index is 1.37. The van der Waals surface area contributed by atoms with Crippen LogP contribution in [0.4, 0.5) is 0 Å². The van der Waals surface area contributed by atoms with E-state index in [2.05, 4.69) is 18.2 Å². The molecule has 0 amide bonds. The summed E-state index contributed by atoms with van der Waals surface area (Å²) in [7, 11) is 0. The van der Waals surface area contributed by atoms with Crippen LogP contribution in [-0.2, 0) is 16.0 Å². The zero-order valence-electron chi connectivity index (χ0n) is 14.9. The molecule has 0 saturated carbocycles. The molecule has 0 radical (unpaired) electrons. The van der Waals surface area contributed by atoms with Crippen LogP contribution in [0.2, 0.25) is 0 Å². The molecule has 0 bridgehead atoms. The van der Waals surface area contributed by atoms with Crippen molar-refractivity contribution in [2.45, 2.75) is 44.6 Å². The quantitative estimate of drug-likeness (QED) is 0.869. The van der Waals surface area contributed by atoms with E-state index in [-0.39, 0.29) is 5.97 Å². The Morgan fingerprint density at radius 1 is 1.00 bits per heavy atom. The molecule has 2 fully saturated rings. The molecule has 3 nitrogen and oxygen atoms in total. The smallest absolute Gasteiger partial charge is 0.310 e. The van der Waals surface area contributed by atoms with E-state index in [9.17, 15) is 4.79 Å². The Hall–Kier alpha value is -1.87. The minimum atomic E-state index is -0.0840. The number of carbonyl (C=O) groups excluding carboxylic acids is 1. The van der Waals surface area contributed by atoms with Crippen molar-refractivity contribution in [2.75, 3.05) is 19.7 Å². The zero-order chi connectivity index (χ0) is 17.1. The summed E-state index contributed by atoms with van der Waals surface area (Å²) < 4.78 is 5.73. The van der Waals surface area contributed by atoms with E-state index in [4.69, 9.17) is 4.74 Å². The van der Waals surface area contributed by atoms with Crippen LogP contribution in [0.15, 0.2) is 42.5 Å². The van der Waals surface area contributed by atoms with Crippen molar-refractivity contribution in [3.8, 4) is 0 Å². The summed E-state index contributed by atoms with van der Waals surface area (Å²) in [6.07, 6.45) is 6.87. The van der Waals surface area contributed by atoms with Crippen molar-refractivity contribution in [1.82, 2.24) is 0 Å². The first kappa shape index (κ1) is 16.6. The minimum absolute atomic E-state index is 0.0840. The number of ether oxygens (including phenoxy) is 1. The van der Waals surface area contributed by atoms with Crippen molar-refractivity contribution < 1.29 is 14.4 Å². The number of hydrogen-bond acceptors (Lipinski definition) is 2. The van der Waals surface area contributed by atoms with E-state index in [1.807, 2.05) is 24.3 Å². The Morgan fingerprint density at radius 2 is 1.84 bits per heavy atom. The Bertz CT molecular complexity index is 734. The van der Waals surface area contributed by atoms with Gasteiger partial charge in [-0.25, -0.2) is 0 Å². The van der Waals surface area contributed by atoms with Crippen molar-refractivity contribution in [1.29, 1.82) is 0 Å². The molecule has 2 aliphatic heterocycles. The molecule has 2 aromatic rings. The van der Waals surface area contributed by atoms with E-state index in [1.165, 1.54) is 50.6 Å². The van der Waals surface area contributed by atoms with Gasteiger partial charge in [-0.3, -0.25) is 4.79 Å². The van der Waals surface area contributed by atoms with E-state index < -0.39 is 0 Å². The van der Waals surface area contributed by atoms with Crippen LogP contribution in [0.5, 0.6) is 0 Å². The lowest BCUT2D eigenvalue weighted by atomic mass is 9.84. The number of hydrogen-bond donors (Lipinski definition) is 1. The van der Waals surface area contributed by atoms with Crippen molar-refractivity contribution in [3.63, 3.8) is 0 Å². The molecule has 2 aliphatic rings. The molecule has 1 N–H and O–H groups in total. The van der Waals surface area contributed by atoms with Gasteiger partial charge in [0.1, 0.15) is 0 Å². The number of quaternary nitrogens is 1. The minimum Gasteiger partial charge on any atom is -0.465 e. The number of carbonyl (C=O) groups is 1. The van der Waals surface area contributed by atoms with E-state index in [1.54, 1.807) is 4.90 Å². The van der Waals surface area contributed by atoms with Crippen LogP contribution in [0.3, 0.4) is 0 Å². The van der Waals surface area contributed by atoms with Gasteiger partial charge in [-0.1, -0.05) is 42.5 Å². The summed E-state index contributed by atoms with van der Waals surface area (Å²) in [5.41, 5.74) is 1.07. The zero-order valence-corrected chi connectivity index (χ0v) is 14.9. The molecule has 2 aromatic carbocycles. The van der Waals surface area contributed by atoms with Gasteiger partial charge in [-0.15, -0.1) is 0 Å². The second-order valence-corrected chi connectivity index (χ2v) is 7.66. The molecule has 0 aromatic heterocycles. The fourth-order valence-corrected chi connectivity index (χ4v) is 4.83. The van der Waals surface area contributed by atoms with Crippen LogP contribution < -0.4 is 4.90 Å². The average molecular weight is 338 g/mol. The first-order valence-corrected chi connectivity index (χ1v) is 9.78. The van der Waals surface area contributed by atoms with Crippen molar-refractivity contribution in [3.05, 3.63) is 48.0 Å². The van der Waals surface area contributed by atoms with E-state index in [0.717, 1.165) is 10.9 Å². The summed E-state index contributed by atoms with van der Waals surface area (Å²) in [6.45, 7) is 3.23. The van der Waals surface area contributed by atoms with Crippen LogP contribution in [0, 0.1) is 5.92 Å². The second-order valence-electron chi connectivity index (χ2n) is 7.66. The van der Waals surface area contributed by atoms with E-state index in [0.29, 0.717) is 25.0 Å². The molecule has 3 heteroatoms. The van der Waals surface area contributed by atoms with Gasteiger partial charge in [0.25, 0.3) is 0 Å². The monoisotopic (exact) mass is 338 g/mol. The third-order valence-electron chi connectivity index (χ3n) is 6.10. The van der Waals surface area contributed by atoms with Crippen LogP contribution in [-0.4, -0.2) is 31.7 Å². The molecule has 2 heterocycles. The van der Waals surface area contributed by atoms with Gasteiger partial charge in [-0.05, 0) is 48.4 Å². The second kappa shape index (κ2) is 7.57. The third kappa shape index (κ3) is 3.72. The predicted octanol–water partition coefficient (Wildman–Crippen LogP) is 2.77. The normalized spacial score (nSPS) is 26.2. The summed E-state index contributed by atoms with van der Waals surface area (Å²) in [4.78, 5) is 14.2. The van der Waals surface area contributed by atoms with Crippen molar-refractivity contribution >= 4 is 16.7 Å². The van der Waals surface area contributed by atoms with Gasteiger partial charge in [0.2, 0.25) is 0 Å². The van der Waals surface area contributed by atoms with Gasteiger partial charge in [0, 0.05) is 5.92 Å². The number of rotatable bonds is 4. The molecule has 0 spiro atoms. The lowest BCUT2D eigenvalue weighted by Crippen LogP contribution is -3.18. The fraction of sp³-hybridized carbons (Fsp3) is 0.500. The number of benzene rings is 2. The maximum absolute atomic E-state index is 12.4. The Morgan fingerprint density at radius 3 is 2.80 bits per heavy atom. The molecular formula is C22H28NO2+. The Kier molecular flexibility index (Phi) is 5.02. The Labute approximate surface area is 150 Å². The average Bonchev–Trinajstić information content (AvgIpc) is 2.66. The molecule has 0 aliphatic carbocycles. The number of esters is 1. The van der Waals surface area contributed by atoms with E-state index >= 15 is 0 Å². The van der Waals surface area contributed by atoms with Gasteiger partial charge in [0.15, 0.2) is 0 Å². The largest absolute Gasteiger partial charge is 0.465 e. The van der Waals surface area contributed by atoms with Crippen LogP contribution >= 0.6 is 0 Å². The number of fused-ring (bicyclic) bond motifs is 2. The predicted molar refractivity (Wildman–Crippen MR) is 99.7 cm³/mol. The first-order chi connectivity index (χ1) is 12.3. The lowest BCUT2D eigenvalue weighted by Gasteiger charge is -2.41. The molecule has 2 saturated heterocycles. The highest BCUT2D eigenvalue weighted by Crippen LogP contribution is 2.22. The van der Waals surface area contributed by atoms with Crippen molar-refractivity contribution in [2.24, 2.45) is 5.92 Å². The van der Waals surface area contributed by atoms with Gasteiger partial charge < -0.3 is 9.64 Å². The highest BCUT2D eigenvalue weighted by Gasteiger charge is 2.37. The summed E-state index contributed by atoms with van der Waals surface area (Å²) >= 11 is 0. The molecule has 3 atom stereocenters. The molecule has 132 valence electrons. The maximum Gasteiger partial charge on any atom is 0.310 e. The SMILES string of the molecule is O=C(Cc1cccc2ccccc12)OC[C@H]1CCC[NH+]2CCCC[C@@H]12. The molecule has 1 unspecified atom stereocenters. The number of piperidine rings is 2. The first-order valence-electron chi connectivity index (χ1n) is 9.78. The van der Waals surface area contributed by atoms with Crippen LogP contribution in [0.1, 0.15) is 37.7 Å². The summed E-state index contributed by atoms with van der Waals surface area (Å²) in [5, 5.41) is 2.34. The van der Waals surface area contributed by atoms with Gasteiger partial charge >= 0.3 is 5.97 Å². The molecule has 25 heavy (non-hydrogen) atoms. The lowest BCUT2D eigenvalue weighted by molar-refractivity contribution is -0.940. The molecule has 4 rings (SSSR count). The van der Waals surface area contributed by atoms with Gasteiger partial charge in [-0.2, -0.15) is 0 Å². The summed E-state index contributed by atoms with van der Waals surface area (Å²) in [5.74, 6) is 0.472.